The van der Waals surface area contributed by atoms with Crippen molar-refractivity contribution in [1.29, 1.82) is 0 Å². The maximum Gasteiger partial charge on any atom is 0.251 e. The summed E-state index contributed by atoms with van der Waals surface area (Å²) in [5.74, 6) is -0.0987. The summed E-state index contributed by atoms with van der Waals surface area (Å²) in [5, 5.41) is 12.6. The van der Waals surface area contributed by atoms with E-state index in [0.29, 0.717) is 47.5 Å². The molecule has 0 atom stereocenters. The molecule has 0 aliphatic heterocycles. The fraction of sp³-hybridized carbons (Fsp3) is 0.350. The first-order valence-electron chi connectivity index (χ1n) is 9.11. The number of hydrogen-bond acceptors (Lipinski definition) is 3. The van der Waals surface area contributed by atoms with Crippen LogP contribution in [0.1, 0.15) is 39.4 Å². The smallest absolute Gasteiger partial charge is 0.251 e. The van der Waals surface area contributed by atoms with Gasteiger partial charge in [0.2, 0.25) is 0 Å². The van der Waals surface area contributed by atoms with Gasteiger partial charge in [0.15, 0.2) is 0 Å². The molecular formula is C20H23Cl2N5O. The highest BCUT2D eigenvalue weighted by atomic mass is 35.5. The molecule has 0 spiro atoms. The lowest BCUT2D eigenvalue weighted by molar-refractivity contribution is 0.0952. The Morgan fingerprint density at radius 1 is 1.07 bits per heavy atom. The van der Waals surface area contributed by atoms with Gasteiger partial charge in [0, 0.05) is 24.3 Å². The Morgan fingerprint density at radius 3 is 2.36 bits per heavy atom. The normalized spacial score (nSPS) is 11.0. The van der Waals surface area contributed by atoms with Crippen LogP contribution in [-0.4, -0.2) is 32.0 Å². The molecular weight excluding hydrogens is 397 g/mol. The van der Waals surface area contributed by atoms with Crippen LogP contribution >= 0.6 is 23.2 Å². The molecule has 6 nitrogen and oxygen atoms in total. The Labute approximate surface area is 174 Å². The first-order chi connectivity index (χ1) is 13.3. The van der Waals surface area contributed by atoms with Gasteiger partial charge in [-0.15, -0.1) is 0 Å². The molecule has 148 valence electrons. The Kier molecular flexibility index (Phi) is 6.42. The van der Waals surface area contributed by atoms with Crippen molar-refractivity contribution in [2.75, 3.05) is 6.54 Å². The van der Waals surface area contributed by atoms with Crippen molar-refractivity contribution in [3.63, 3.8) is 0 Å². The van der Waals surface area contributed by atoms with E-state index in [2.05, 4.69) is 15.5 Å². The van der Waals surface area contributed by atoms with Gasteiger partial charge in [-0.1, -0.05) is 35.3 Å². The second kappa shape index (κ2) is 8.80. The summed E-state index contributed by atoms with van der Waals surface area (Å²) in [6.45, 7) is 7.63. The maximum absolute atomic E-state index is 12.3. The van der Waals surface area contributed by atoms with Crippen molar-refractivity contribution in [2.45, 2.75) is 40.3 Å². The Morgan fingerprint density at radius 2 is 1.79 bits per heavy atom. The minimum Gasteiger partial charge on any atom is -0.352 e. The number of carbonyl (C=O) groups is 1. The van der Waals surface area contributed by atoms with E-state index in [1.54, 1.807) is 4.68 Å². The zero-order valence-corrected chi connectivity index (χ0v) is 17.7. The largest absolute Gasteiger partial charge is 0.352 e. The van der Waals surface area contributed by atoms with Crippen molar-refractivity contribution < 1.29 is 4.79 Å². The molecule has 3 rings (SSSR count). The van der Waals surface area contributed by atoms with E-state index in [0.717, 1.165) is 17.0 Å². The monoisotopic (exact) mass is 419 g/mol. The number of rotatable bonds is 7. The third-order valence-electron chi connectivity index (χ3n) is 4.48. The van der Waals surface area contributed by atoms with E-state index < -0.39 is 0 Å². The molecule has 3 aromatic rings. The molecule has 0 aliphatic carbocycles. The molecule has 0 aliphatic rings. The average Bonchev–Trinajstić information content (AvgIpc) is 3.11. The second-order valence-electron chi connectivity index (χ2n) is 6.80. The summed E-state index contributed by atoms with van der Waals surface area (Å²) in [6.07, 6.45) is 0.707. The van der Waals surface area contributed by atoms with Crippen molar-refractivity contribution in [3.05, 3.63) is 68.7 Å². The van der Waals surface area contributed by atoms with Crippen molar-refractivity contribution in [3.8, 4) is 0 Å². The lowest BCUT2D eigenvalue weighted by Gasteiger charge is -2.08. The average molecular weight is 420 g/mol. The Bertz CT molecular complexity index is 975. The van der Waals surface area contributed by atoms with Crippen LogP contribution in [0.3, 0.4) is 0 Å². The van der Waals surface area contributed by atoms with Crippen molar-refractivity contribution in [1.82, 2.24) is 24.9 Å². The van der Waals surface area contributed by atoms with Crippen LogP contribution in [0.4, 0.5) is 0 Å². The zero-order chi connectivity index (χ0) is 20.3. The summed E-state index contributed by atoms with van der Waals surface area (Å²) >= 11 is 12.1. The van der Waals surface area contributed by atoms with Gasteiger partial charge in [-0.2, -0.15) is 10.2 Å². The Balaban J connectivity index is 1.49. The summed E-state index contributed by atoms with van der Waals surface area (Å²) in [4.78, 5) is 12.3. The number of nitrogens with one attached hydrogen (secondary N) is 1. The summed E-state index contributed by atoms with van der Waals surface area (Å²) in [7, 11) is 0. The van der Waals surface area contributed by atoms with Crippen molar-refractivity contribution >= 4 is 29.1 Å². The van der Waals surface area contributed by atoms with Crippen LogP contribution in [0, 0.1) is 20.8 Å². The molecule has 0 saturated heterocycles. The molecule has 1 N–H and O–H groups in total. The number of hydrogen-bond donors (Lipinski definition) is 1. The van der Waals surface area contributed by atoms with Gasteiger partial charge >= 0.3 is 0 Å². The highest BCUT2D eigenvalue weighted by Crippen LogP contribution is 2.24. The molecule has 0 saturated carbocycles. The number of aryl methyl sites for hydroxylation is 4. The minimum absolute atomic E-state index is 0.0987. The lowest BCUT2D eigenvalue weighted by Crippen LogP contribution is -2.25. The van der Waals surface area contributed by atoms with Crippen LogP contribution in [0.2, 0.25) is 10.2 Å². The fourth-order valence-electron chi connectivity index (χ4n) is 2.98. The SMILES string of the molecule is Cc1cc(C)n(Cc2ccc(C(=O)NCCCn3nc(C)c(Cl)c3Cl)cc2)n1. The zero-order valence-electron chi connectivity index (χ0n) is 16.2. The number of amides is 1. The third kappa shape index (κ3) is 4.75. The highest BCUT2D eigenvalue weighted by molar-refractivity contribution is 6.41. The summed E-state index contributed by atoms with van der Waals surface area (Å²) in [5.41, 5.74) is 4.56. The second-order valence-corrected chi connectivity index (χ2v) is 7.54. The lowest BCUT2D eigenvalue weighted by atomic mass is 10.1. The van der Waals surface area contributed by atoms with E-state index in [1.807, 2.05) is 55.8 Å². The molecule has 8 heteroatoms. The molecule has 2 heterocycles. The predicted molar refractivity (Wildman–Crippen MR) is 111 cm³/mol. The van der Waals surface area contributed by atoms with Crippen molar-refractivity contribution in [2.24, 2.45) is 0 Å². The number of benzene rings is 1. The van der Waals surface area contributed by atoms with Crippen LogP contribution in [0.15, 0.2) is 30.3 Å². The molecule has 0 fully saturated rings. The maximum atomic E-state index is 12.3. The molecule has 0 radical (unpaired) electrons. The van der Waals surface area contributed by atoms with Crippen LogP contribution in [-0.2, 0) is 13.1 Å². The number of nitrogens with zero attached hydrogens (tertiary/aromatic N) is 4. The molecule has 28 heavy (non-hydrogen) atoms. The van der Waals surface area contributed by atoms with Gasteiger partial charge in [-0.3, -0.25) is 14.2 Å². The van der Waals surface area contributed by atoms with Gasteiger partial charge in [0.1, 0.15) is 10.2 Å². The van der Waals surface area contributed by atoms with E-state index in [4.69, 9.17) is 23.2 Å². The van der Waals surface area contributed by atoms with E-state index >= 15 is 0 Å². The van der Waals surface area contributed by atoms with E-state index in [1.165, 1.54) is 0 Å². The number of halogens is 2. The topological polar surface area (TPSA) is 64.7 Å². The first-order valence-corrected chi connectivity index (χ1v) is 9.87. The fourth-order valence-corrected chi connectivity index (χ4v) is 3.38. The third-order valence-corrected chi connectivity index (χ3v) is 5.41. The standard InChI is InChI=1S/C20H23Cl2N5O/c1-13-11-14(2)27(24-13)12-16-5-7-17(8-6-16)20(28)23-9-4-10-26-19(22)18(21)15(3)25-26/h5-8,11H,4,9-10,12H2,1-3H3,(H,23,28). The van der Waals surface area contributed by atoms with Crippen LogP contribution < -0.4 is 5.32 Å². The molecule has 0 bridgehead atoms. The first kappa shape index (κ1) is 20.4. The summed E-state index contributed by atoms with van der Waals surface area (Å²) < 4.78 is 3.61. The summed E-state index contributed by atoms with van der Waals surface area (Å²) in [6, 6.07) is 9.64. The minimum atomic E-state index is -0.0987. The van der Waals surface area contributed by atoms with E-state index in [9.17, 15) is 4.79 Å². The highest BCUT2D eigenvalue weighted by Gasteiger charge is 2.11. The van der Waals surface area contributed by atoms with Gasteiger partial charge in [-0.25, -0.2) is 0 Å². The van der Waals surface area contributed by atoms with Gasteiger partial charge in [0.25, 0.3) is 5.91 Å². The molecule has 0 unspecified atom stereocenters. The van der Waals surface area contributed by atoms with Gasteiger partial charge < -0.3 is 5.32 Å². The van der Waals surface area contributed by atoms with Gasteiger partial charge in [-0.05, 0) is 51.0 Å². The predicted octanol–water partition coefficient (Wildman–Crippen LogP) is 4.18. The Hall–Kier alpha value is -2.31. The van der Waals surface area contributed by atoms with E-state index in [-0.39, 0.29) is 5.91 Å². The van der Waals surface area contributed by atoms with Crippen LogP contribution in [0.5, 0.6) is 0 Å². The molecule has 1 amide bonds. The molecule has 2 aromatic heterocycles. The number of aromatic nitrogens is 4. The van der Waals surface area contributed by atoms with Gasteiger partial charge in [0.05, 0.1) is 17.9 Å². The number of carbonyl (C=O) groups excluding carboxylic acids is 1. The quantitative estimate of drug-likeness (QED) is 0.584. The molecule has 1 aromatic carbocycles. The van der Waals surface area contributed by atoms with Crippen LogP contribution in [0.25, 0.3) is 0 Å².